The Balaban J connectivity index is 4.22. The van der Waals surface area contributed by atoms with Crippen LogP contribution in [0.2, 0.25) is 0 Å². The van der Waals surface area contributed by atoms with Crippen LogP contribution in [-0.4, -0.2) is 37.2 Å². The Bertz CT molecular complexity index is 1040. The average Bonchev–Trinajstić information content (AvgIpc) is 3.33. The molecule has 0 aromatic rings. The molecule has 0 aliphatic heterocycles. The van der Waals surface area contributed by atoms with Gasteiger partial charge in [-0.25, -0.2) is 0 Å². The first-order valence-corrected chi connectivity index (χ1v) is 30.2. The van der Waals surface area contributed by atoms with Gasteiger partial charge in [0.15, 0.2) is 6.10 Å². The van der Waals surface area contributed by atoms with E-state index in [1.807, 2.05) is 0 Å². The maximum atomic E-state index is 12.8. The van der Waals surface area contributed by atoms with E-state index in [4.69, 9.17) is 14.2 Å². The molecule has 396 valence electrons. The number of hydrogen-bond acceptors (Lipinski definition) is 6. The van der Waals surface area contributed by atoms with Gasteiger partial charge in [-0.2, -0.15) is 0 Å². The van der Waals surface area contributed by atoms with Crippen molar-refractivity contribution >= 4 is 17.9 Å². The summed E-state index contributed by atoms with van der Waals surface area (Å²) in [7, 11) is 0. The van der Waals surface area contributed by atoms with Crippen molar-refractivity contribution in [1.82, 2.24) is 0 Å². The van der Waals surface area contributed by atoms with Crippen LogP contribution >= 0.6 is 0 Å². The molecule has 0 aliphatic carbocycles. The van der Waals surface area contributed by atoms with Gasteiger partial charge in [-0.3, -0.25) is 14.4 Å². The largest absolute Gasteiger partial charge is 0.462 e. The topological polar surface area (TPSA) is 78.9 Å². The number of unbranched alkanes of at least 4 members (excludes halogenated alkanes) is 43. The van der Waals surface area contributed by atoms with E-state index >= 15 is 0 Å². The van der Waals surface area contributed by atoms with E-state index in [-0.39, 0.29) is 31.1 Å². The first kappa shape index (κ1) is 65.1. The van der Waals surface area contributed by atoms with Gasteiger partial charge in [0.05, 0.1) is 0 Å². The number of ether oxygens (including phenoxy) is 3. The second kappa shape index (κ2) is 56.7. The molecule has 67 heavy (non-hydrogen) atoms. The van der Waals surface area contributed by atoms with Crippen molar-refractivity contribution < 1.29 is 28.6 Å². The van der Waals surface area contributed by atoms with Crippen LogP contribution in [0.5, 0.6) is 0 Å². The highest BCUT2D eigenvalue weighted by Gasteiger charge is 2.19. The second-order valence-corrected chi connectivity index (χ2v) is 20.6. The Hall–Kier alpha value is -1.85. The van der Waals surface area contributed by atoms with E-state index in [1.54, 1.807) is 0 Å². The Morgan fingerprint density at radius 1 is 0.284 bits per heavy atom. The molecule has 0 amide bonds. The number of carbonyl (C=O) groups is 3. The first-order valence-electron chi connectivity index (χ1n) is 30.2. The van der Waals surface area contributed by atoms with Gasteiger partial charge >= 0.3 is 17.9 Å². The average molecular weight is 946 g/mol. The van der Waals surface area contributed by atoms with Crippen molar-refractivity contribution in [1.29, 1.82) is 0 Å². The standard InChI is InChI=1S/C61H116O6/c1-4-7-10-13-16-19-22-25-27-28-29-30-31-32-33-35-36-39-42-45-48-51-54-60(63)66-57-58(56-65-59(62)53-50-47-44-41-38-24-21-18-15-12-9-6-3)67-61(64)55-52-49-46-43-40-37-34-26-23-20-17-14-11-8-5-2/h18,21,58H,4-17,19-20,22-57H2,1-3H3/b21-18-. The molecule has 0 rings (SSSR count). The SMILES string of the molecule is CCCCC/C=C\CCCCCCCC(=O)OCC(COC(=O)CCCCCCCCCCCCCCCCCCCCCCCC)OC(=O)CCCCCCCCCCCCCCCCC. The predicted molar refractivity (Wildman–Crippen MR) is 289 cm³/mol. The molecule has 0 saturated carbocycles. The minimum atomic E-state index is -0.767. The van der Waals surface area contributed by atoms with Gasteiger partial charge in [-0.1, -0.05) is 290 Å². The number of esters is 3. The van der Waals surface area contributed by atoms with Gasteiger partial charge in [0.1, 0.15) is 13.2 Å². The normalized spacial score (nSPS) is 12.0. The molecule has 0 aromatic heterocycles. The zero-order chi connectivity index (χ0) is 48.6. The maximum absolute atomic E-state index is 12.8. The molecular weight excluding hydrogens is 829 g/mol. The fraction of sp³-hybridized carbons (Fsp3) is 0.918. The zero-order valence-corrected chi connectivity index (χ0v) is 45.5. The minimum absolute atomic E-state index is 0.0664. The zero-order valence-electron chi connectivity index (χ0n) is 45.5. The van der Waals surface area contributed by atoms with Crippen LogP contribution < -0.4 is 0 Å². The van der Waals surface area contributed by atoms with Crippen LogP contribution in [0, 0.1) is 0 Å². The summed E-state index contributed by atoms with van der Waals surface area (Å²) in [5, 5.41) is 0. The Morgan fingerprint density at radius 3 is 0.776 bits per heavy atom. The van der Waals surface area contributed by atoms with Crippen LogP contribution in [0.4, 0.5) is 0 Å². The highest BCUT2D eigenvalue weighted by Crippen LogP contribution is 2.18. The van der Waals surface area contributed by atoms with Gasteiger partial charge in [0.2, 0.25) is 0 Å². The number of hydrogen-bond donors (Lipinski definition) is 0. The minimum Gasteiger partial charge on any atom is -0.462 e. The molecule has 0 spiro atoms. The molecule has 0 N–H and O–H groups in total. The molecule has 0 radical (unpaired) electrons. The Labute approximate surface area is 418 Å². The lowest BCUT2D eigenvalue weighted by molar-refractivity contribution is -0.167. The van der Waals surface area contributed by atoms with Gasteiger partial charge < -0.3 is 14.2 Å². The van der Waals surface area contributed by atoms with E-state index in [1.165, 1.54) is 238 Å². The molecule has 0 saturated heterocycles. The number of allylic oxidation sites excluding steroid dienone is 2. The van der Waals surface area contributed by atoms with Crippen LogP contribution in [0.25, 0.3) is 0 Å². The fourth-order valence-electron chi connectivity index (χ4n) is 9.21. The third-order valence-corrected chi connectivity index (χ3v) is 13.8. The summed E-state index contributed by atoms with van der Waals surface area (Å²) >= 11 is 0. The monoisotopic (exact) mass is 945 g/mol. The highest BCUT2D eigenvalue weighted by molar-refractivity contribution is 5.71. The van der Waals surface area contributed by atoms with E-state index < -0.39 is 6.10 Å². The molecule has 0 fully saturated rings. The van der Waals surface area contributed by atoms with Crippen molar-refractivity contribution in [2.75, 3.05) is 13.2 Å². The third-order valence-electron chi connectivity index (χ3n) is 13.8. The van der Waals surface area contributed by atoms with Crippen molar-refractivity contribution in [3.8, 4) is 0 Å². The summed E-state index contributed by atoms with van der Waals surface area (Å²) in [6.07, 6.45) is 65.0. The Kier molecular flexibility index (Phi) is 55.2. The molecule has 0 aliphatic rings. The summed E-state index contributed by atoms with van der Waals surface area (Å²) in [6, 6.07) is 0. The Morgan fingerprint density at radius 2 is 0.493 bits per heavy atom. The lowest BCUT2D eigenvalue weighted by Crippen LogP contribution is -2.30. The van der Waals surface area contributed by atoms with Crippen LogP contribution in [-0.2, 0) is 28.6 Å². The van der Waals surface area contributed by atoms with E-state index in [2.05, 4.69) is 32.9 Å². The van der Waals surface area contributed by atoms with Gasteiger partial charge in [0, 0.05) is 19.3 Å². The molecule has 1 unspecified atom stereocenters. The fourth-order valence-corrected chi connectivity index (χ4v) is 9.21. The van der Waals surface area contributed by atoms with Gasteiger partial charge in [0.25, 0.3) is 0 Å². The highest BCUT2D eigenvalue weighted by atomic mass is 16.6. The third kappa shape index (κ3) is 55.0. The molecular formula is C61H116O6. The quantitative estimate of drug-likeness (QED) is 0.0262. The van der Waals surface area contributed by atoms with Crippen molar-refractivity contribution in [2.45, 2.75) is 348 Å². The van der Waals surface area contributed by atoms with Gasteiger partial charge in [-0.05, 0) is 44.9 Å². The lowest BCUT2D eigenvalue weighted by atomic mass is 10.0. The summed E-state index contributed by atoms with van der Waals surface area (Å²) in [5.41, 5.74) is 0. The number of rotatable bonds is 56. The van der Waals surface area contributed by atoms with Crippen LogP contribution in [0.15, 0.2) is 12.2 Å². The predicted octanol–water partition coefficient (Wildman–Crippen LogP) is 20.1. The lowest BCUT2D eigenvalue weighted by Gasteiger charge is -2.18. The molecule has 1 atom stereocenters. The first-order chi connectivity index (χ1) is 33.0. The van der Waals surface area contributed by atoms with Gasteiger partial charge in [-0.15, -0.1) is 0 Å². The molecule has 6 nitrogen and oxygen atoms in total. The van der Waals surface area contributed by atoms with Crippen molar-refractivity contribution in [2.24, 2.45) is 0 Å². The summed E-state index contributed by atoms with van der Waals surface area (Å²) in [6.45, 7) is 6.67. The maximum Gasteiger partial charge on any atom is 0.306 e. The smallest absolute Gasteiger partial charge is 0.306 e. The van der Waals surface area contributed by atoms with Crippen molar-refractivity contribution in [3.63, 3.8) is 0 Å². The van der Waals surface area contributed by atoms with Crippen molar-refractivity contribution in [3.05, 3.63) is 12.2 Å². The van der Waals surface area contributed by atoms with E-state index in [0.717, 1.165) is 64.2 Å². The van der Waals surface area contributed by atoms with Crippen LogP contribution in [0.1, 0.15) is 342 Å². The summed E-state index contributed by atoms with van der Waals surface area (Å²) in [4.78, 5) is 38.1. The molecule has 6 heteroatoms. The number of carbonyl (C=O) groups excluding carboxylic acids is 3. The van der Waals surface area contributed by atoms with E-state index in [0.29, 0.717) is 19.3 Å². The van der Waals surface area contributed by atoms with Crippen LogP contribution in [0.3, 0.4) is 0 Å². The molecule has 0 bridgehead atoms. The van der Waals surface area contributed by atoms with E-state index in [9.17, 15) is 14.4 Å². The summed E-state index contributed by atoms with van der Waals surface area (Å²) in [5.74, 6) is -0.850. The summed E-state index contributed by atoms with van der Waals surface area (Å²) < 4.78 is 16.9. The molecule has 0 heterocycles. The molecule has 0 aromatic carbocycles. The second-order valence-electron chi connectivity index (χ2n) is 20.6.